The number of hydrogen-bond donors (Lipinski definition) is 1. The van der Waals surface area contributed by atoms with Crippen molar-refractivity contribution in [2.45, 2.75) is 78.6 Å². The van der Waals surface area contributed by atoms with E-state index in [1.807, 2.05) is 36.7 Å². The van der Waals surface area contributed by atoms with Crippen molar-refractivity contribution in [2.24, 2.45) is 5.92 Å². The normalized spacial score (nSPS) is 17.1. The minimum absolute atomic E-state index is 0.0495. The van der Waals surface area contributed by atoms with Gasteiger partial charge in [0.1, 0.15) is 0 Å². The molecule has 1 spiro atoms. The topological polar surface area (TPSA) is 65.4 Å². The lowest BCUT2D eigenvalue weighted by Gasteiger charge is -2.31. The van der Waals surface area contributed by atoms with Gasteiger partial charge < -0.3 is 14.8 Å². The molecule has 0 atom stereocenters. The van der Waals surface area contributed by atoms with Gasteiger partial charge in [0, 0.05) is 42.4 Å². The number of anilines is 1. The highest BCUT2D eigenvalue weighted by Gasteiger charge is 2.42. The summed E-state index contributed by atoms with van der Waals surface area (Å²) in [5.74, 6) is 1.46. The van der Waals surface area contributed by atoms with E-state index in [9.17, 15) is 4.79 Å². The summed E-state index contributed by atoms with van der Waals surface area (Å²) in [7, 11) is 0. The molecule has 0 bridgehead atoms. The van der Waals surface area contributed by atoms with Gasteiger partial charge in [0.15, 0.2) is 11.5 Å². The Morgan fingerprint density at radius 3 is 2.62 bits per heavy atom. The SMILES string of the molecule is Cc1nn(CC(C)C)c(C)c1CC(=O)Nc1ccc2c(c1)OC1(CCCCC1)O2. The summed E-state index contributed by atoms with van der Waals surface area (Å²) >= 11 is 0. The van der Waals surface area contributed by atoms with Crippen molar-refractivity contribution >= 4 is 11.6 Å². The number of fused-ring (bicyclic) bond motifs is 1. The summed E-state index contributed by atoms with van der Waals surface area (Å²) in [4.78, 5) is 12.7. The number of hydrogen-bond acceptors (Lipinski definition) is 4. The van der Waals surface area contributed by atoms with Crippen molar-refractivity contribution in [1.29, 1.82) is 0 Å². The molecule has 2 aliphatic rings. The molecule has 6 nitrogen and oxygen atoms in total. The third-order valence-corrected chi connectivity index (χ3v) is 5.84. The standard InChI is InChI=1S/C23H31N3O3/c1-15(2)14-26-17(4)19(16(3)25-26)13-22(27)24-18-8-9-20-21(12-18)29-23(28-20)10-6-5-7-11-23/h8-9,12,15H,5-7,10-11,13-14H2,1-4H3,(H,24,27). The first-order chi connectivity index (χ1) is 13.8. The number of nitrogens with zero attached hydrogens (tertiary/aromatic N) is 2. The maximum absolute atomic E-state index is 12.7. The van der Waals surface area contributed by atoms with Gasteiger partial charge in [-0.1, -0.05) is 20.3 Å². The predicted octanol–water partition coefficient (Wildman–Crippen LogP) is 4.77. The second kappa shape index (κ2) is 7.73. The molecule has 1 aliphatic heterocycles. The van der Waals surface area contributed by atoms with E-state index in [0.29, 0.717) is 12.3 Å². The first-order valence-electron chi connectivity index (χ1n) is 10.7. The molecule has 4 rings (SSSR count). The van der Waals surface area contributed by atoms with Crippen LogP contribution in [0.3, 0.4) is 0 Å². The third-order valence-electron chi connectivity index (χ3n) is 5.84. The highest BCUT2D eigenvalue weighted by Crippen LogP contribution is 2.46. The number of amides is 1. The van der Waals surface area contributed by atoms with Gasteiger partial charge in [-0.05, 0) is 44.7 Å². The van der Waals surface area contributed by atoms with Crippen LogP contribution in [0.4, 0.5) is 5.69 Å². The molecule has 1 N–H and O–H groups in total. The number of ether oxygens (including phenoxy) is 2. The van der Waals surface area contributed by atoms with Gasteiger partial charge in [-0.3, -0.25) is 9.48 Å². The number of aromatic nitrogens is 2. The van der Waals surface area contributed by atoms with E-state index >= 15 is 0 Å². The van der Waals surface area contributed by atoms with E-state index < -0.39 is 5.79 Å². The van der Waals surface area contributed by atoms with E-state index in [2.05, 4.69) is 24.3 Å². The highest BCUT2D eigenvalue weighted by molar-refractivity contribution is 5.92. The molecule has 0 unspecified atom stereocenters. The quantitative estimate of drug-likeness (QED) is 0.789. The van der Waals surface area contributed by atoms with Crippen molar-refractivity contribution in [3.8, 4) is 11.5 Å². The van der Waals surface area contributed by atoms with Gasteiger partial charge in [-0.2, -0.15) is 5.10 Å². The van der Waals surface area contributed by atoms with Gasteiger partial charge in [0.05, 0.1) is 12.1 Å². The molecule has 29 heavy (non-hydrogen) atoms. The number of carbonyl (C=O) groups is 1. The molecule has 2 heterocycles. The summed E-state index contributed by atoms with van der Waals surface area (Å²) in [6, 6.07) is 5.65. The van der Waals surface area contributed by atoms with Crippen LogP contribution in [0.2, 0.25) is 0 Å². The van der Waals surface area contributed by atoms with E-state index in [1.165, 1.54) is 6.42 Å². The maximum atomic E-state index is 12.7. The Morgan fingerprint density at radius 2 is 1.90 bits per heavy atom. The fourth-order valence-corrected chi connectivity index (χ4v) is 4.35. The van der Waals surface area contributed by atoms with Crippen LogP contribution in [-0.4, -0.2) is 21.5 Å². The fraction of sp³-hybridized carbons (Fsp3) is 0.565. The predicted molar refractivity (Wildman–Crippen MR) is 112 cm³/mol. The van der Waals surface area contributed by atoms with Crippen LogP contribution in [0, 0.1) is 19.8 Å². The monoisotopic (exact) mass is 397 g/mol. The third kappa shape index (κ3) is 4.11. The van der Waals surface area contributed by atoms with Crippen LogP contribution in [0.5, 0.6) is 11.5 Å². The Hall–Kier alpha value is -2.50. The minimum Gasteiger partial charge on any atom is -0.448 e. The van der Waals surface area contributed by atoms with Crippen molar-refractivity contribution in [2.75, 3.05) is 5.32 Å². The lowest BCUT2D eigenvalue weighted by atomic mass is 9.94. The summed E-state index contributed by atoms with van der Waals surface area (Å²) in [6.45, 7) is 9.20. The van der Waals surface area contributed by atoms with Gasteiger partial charge in [0.2, 0.25) is 5.91 Å². The van der Waals surface area contributed by atoms with Crippen molar-refractivity contribution in [3.05, 3.63) is 35.2 Å². The Balaban J connectivity index is 1.43. The summed E-state index contributed by atoms with van der Waals surface area (Å²) in [6.07, 6.45) is 5.64. The molecule has 2 aromatic rings. The molecule has 1 aliphatic carbocycles. The number of rotatable bonds is 5. The number of carbonyl (C=O) groups excluding carboxylic acids is 1. The Kier molecular flexibility index (Phi) is 5.28. The number of aryl methyl sites for hydroxylation is 1. The zero-order chi connectivity index (χ0) is 20.6. The van der Waals surface area contributed by atoms with Crippen molar-refractivity contribution in [3.63, 3.8) is 0 Å². The molecular weight excluding hydrogens is 366 g/mol. The Morgan fingerprint density at radius 1 is 1.17 bits per heavy atom. The Bertz CT molecular complexity index is 910. The molecule has 0 saturated heterocycles. The molecule has 0 radical (unpaired) electrons. The van der Waals surface area contributed by atoms with Crippen LogP contribution < -0.4 is 14.8 Å². The molecule has 6 heteroatoms. The largest absolute Gasteiger partial charge is 0.448 e. The summed E-state index contributed by atoms with van der Waals surface area (Å²) < 4.78 is 14.3. The summed E-state index contributed by atoms with van der Waals surface area (Å²) in [5, 5.41) is 7.61. The van der Waals surface area contributed by atoms with Crippen LogP contribution in [-0.2, 0) is 17.8 Å². The second-order valence-electron chi connectivity index (χ2n) is 8.79. The van der Waals surface area contributed by atoms with Crippen molar-refractivity contribution < 1.29 is 14.3 Å². The molecule has 1 fully saturated rings. The highest BCUT2D eigenvalue weighted by atomic mass is 16.7. The molecule has 156 valence electrons. The van der Waals surface area contributed by atoms with Crippen LogP contribution in [0.15, 0.2) is 18.2 Å². The summed E-state index contributed by atoms with van der Waals surface area (Å²) in [5.41, 5.74) is 3.72. The average molecular weight is 398 g/mol. The molecular formula is C23H31N3O3. The van der Waals surface area contributed by atoms with Gasteiger partial charge in [-0.25, -0.2) is 0 Å². The lowest BCUT2D eigenvalue weighted by Crippen LogP contribution is -2.40. The average Bonchev–Trinajstić information content (AvgIpc) is 3.13. The van der Waals surface area contributed by atoms with Gasteiger partial charge in [-0.15, -0.1) is 0 Å². The second-order valence-corrected chi connectivity index (χ2v) is 8.79. The fourth-order valence-electron chi connectivity index (χ4n) is 4.35. The van der Waals surface area contributed by atoms with Crippen LogP contribution in [0.1, 0.15) is 62.9 Å². The smallest absolute Gasteiger partial charge is 0.251 e. The maximum Gasteiger partial charge on any atom is 0.251 e. The van der Waals surface area contributed by atoms with Gasteiger partial charge >= 0.3 is 0 Å². The molecule has 1 aromatic carbocycles. The zero-order valence-corrected chi connectivity index (χ0v) is 17.9. The van der Waals surface area contributed by atoms with E-state index in [-0.39, 0.29) is 5.91 Å². The number of nitrogens with one attached hydrogen (secondary N) is 1. The molecule has 1 aromatic heterocycles. The first-order valence-corrected chi connectivity index (χ1v) is 10.7. The minimum atomic E-state index is -0.498. The lowest BCUT2D eigenvalue weighted by molar-refractivity contribution is -0.115. The Labute approximate surface area is 172 Å². The molecule has 1 amide bonds. The van der Waals surface area contributed by atoms with Crippen LogP contribution in [0.25, 0.3) is 0 Å². The zero-order valence-electron chi connectivity index (χ0n) is 17.9. The van der Waals surface area contributed by atoms with Crippen molar-refractivity contribution in [1.82, 2.24) is 9.78 Å². The van der Waals surface area contributed by atoms with E-state index in [1.54, 1.807) is 0 Å². The van der Waals surface area contributed by atoms with E-state index in [0.717, 1.165) is 66.4 Å². The first kappa shape index (κ1) is 19.8. The van der Waals surface area contributed by atoms with Gasteiger partial charge in [0.25, 0.3) is 5.79 Å². The molecule has 1 saturated carbocycles. The number of benzene rings is 1. The van der Waals surface area contributed by atoms with Crippen LogP contribution >= 0.6 is 0 Å². The van der Waals surface area contributed by atoms with E-state index in [4.69, 9.17) is 9.47 Å².